The minimum absolute atomic E-state index is 0.0377. The van der Waals surface area contributed by atoms with Gasteiger partial charge in [-0.2, -0.15) is 0 Å². The third-order valence-corrected chi connectivity index (χ3v) is 9.10. The first-order chi connectivity index (χ1) is 16.2. The molecule has 1 atom stereocenters. The Hall–Kier alpha value is -2.82. The van der Waals surface area contributed by atoms with Crippen LogP contribution in [0, 0.1) is 0 Å². The summed E-state index contributed by atoms with van der Waals surface area (Å²) in [7, 11) is -3.93. The zero-order chi connectivity index (χ0) is 24.1. The fraction of sp³-hybridized carbons (Fsp3) is 0.333. The Morgan fingerprint density at radius 2 is 1.85 bits per heavy atom. The SMILES string of the molecule is CC1SC2(CCCCC2)N(NC(=O)c2[nH]c3ccc(S(N)(=O)=O)cc3c2-c2ccccc2)C1=O. The Labute approximate surface area is 202 Å². The Balaban J connectivity index is 1.60. The second-order valence-corrected chi connectivity index (χ2v) is 12.1. The van der Waals surface area contributed by atoms with Gasteiger partial charge in [0.05, 0.1) is 10.1 Å². The van der Waals surface area contributed by atoms with Crippen molar-refractivity contribution >= 4 is 44.5 Å². The number of primary sulfonamides is 1. The first-order valence-electron chi connectivity index (χ1n) is 11.3. The minimum atomic E-state index is -3.93. The summed E-state index contributed by atoms with van der Waals surface area (Å²) in [5.74, 6) is -0.547. The van der Waals surface area contributed by atoms with Gasteiger partial charge in [0.2, 0.25) is 10.0 Å². The van der Waals surface area contributed by atoms with Crippen LogP contribution in [0.2, 0.25) is 0 Å². The van der Waals surface area contributed by atoms with Gasteiger partial charge in [0.15, 0.2) is 0 Å². The number of aromatic amines is 1. The first-order valence-corrected chi connectivity index (χ1v) is 13.7. The standard InChI is InChI=1S/C24H26N4O4S2/c1-15-23(30)28(24(33-15)12-6-3-7-13-24)27-22(29)21-20(16-8-4-2-5-9-16)18-14-17(34(25,31)32)10-11-19(18)26-21/h2,4-5,8-11,14-15,26H,3,6-7,12-13H2,1H3,(H,27,29)(H2,25,31,32). The van der Waals surface area contributed by atoms with E-state index >= 15 is 0 Å². The minimum Gasteiger partial charge on any atom is -0.350 e. The van der Waals surface area contributed by atoms with E-state index in [2.05, 4.69) is 10.4 Å². The smallest absolute Gasteiger partial charge is 0.286 e. The van der Waals surface area contributed by atoms with Crippen molar-refractivity contribution in [3.8, 4) is 11.1 Å². The maximum absolute atomic E-state index is 13.6. The van der Waals surface area contributed by atoms with Gasteiger partial charge in [-0.3, -0.25) is 15.0 Å². The van der Waals surface area contributed by atoms with Crippen molar-refractivity contribution in [2.75, 3.05) is 0 Å². The van der Waals surface area contributed by atoms with Crippen molar-refractivity contribution in [2.24, 2.45) is 5.14 Å². The van der Waals surface area contributed by atoms with Gasteiger partial charge in [-0.15, -0.1) is 11.8 Å². The molecule has 1 aliphatic carbocycles. The average molecular weight is 499 g/mol. The van der Waals surface area contributed by atoms with Crippen molar-refractivity contribution < 1.29 is 18.0 Å². The largest absolute Gasteiger partial charge is 0.350 e. The molecule has 2 aromatic carbocycles. The number of carbonyl (C=O) groups is 2. The predicted molar refractivity (Wildman–Crippen MR) is 132 cm³/mol. The molecule has 2 fully saturated rings. The highest BCUT2D eigenvalue weighted by Crippen LogP contribution is 2.49. The Kier molecular flexibility index (Phi) is 5.70. The lowest BCUT2D eigenvalue weighted by Gasteiger charge is -2.39. The normalized spacial score (nSPS) is 20.2. The van der Waals surface area contributed by atoms with Crippen LogP contribution >= 0.6 is 11.8 Å². The first kappa shape index (κ1) is 22.9. The van der Waals surface area contributed by atoms with Crippen LogP contribution in [0.4, 0.5) is 0 Å². The number of rotatable bonds is 4. The number of hydrogen-bond donors (Lipinski definition) is 3. The number of nitrogens with one attached hydrogen (secondary N) is 2. The number of aromatic nitrogens is 1. The highest BCUT2D eigenvalue weighted by molar-refractivity contribution is 8.02. The number of benzene rings is 2. The Morgan fingerprint density at radius 1 is 1.15 bits per heavy atom. The second-order valence-electron chi connectivity index (χ2n) is 8.87. The van der Waals surface area contributed by atoms with Crippen LogP contribution in [-0.4, -0.2) is 40.3 Å². The number of carbonyl (C=O) groups excluding carboxylic acids is 2. The number of hydrogen-bond acceptors (Lipinski definition) is 5. The topological polar surface area (TPSA) is 125 Å². The van der Waals surface area contributed by atoms with E-state index in [9.17, 15) is 18.0 Å². The number of nitrogens with two attached hydrogens (primary N) is 1. The number of thioether (sulfide) groups is 1. The molecule has 0 bridgehead atoms. The van der Waals surface area contributed by atoms with Gasteiger partial charge in [-0.1, -0.05) is 49.6 Å². The molecule has 2 amide bonds. The van der Waals surface area contributed by atoms with Crippen molar-refractivity contribution in [3.63, 3.8) is 0 Å². The number of amides is 2. The summed E-state index contributed by atoms with van der Waals surface area (Å²) < 4.78 is 24.0. The third-order valence-electron chi connectivity index (χ3n) is 6.61. The van der Waals surface area contributed by atoms with E-state index in [-0.39, 0.29) is 21.7 Å². The molecule has 1 aliphatic heterocycles. The Bertz CT molecular complexity index is 1380. The van der Waals surface area contributed by atoms with Gasteiger partial charge in [-0.25, -0.2) is 18.6 Å². The van der Waals surface area contributed by atoms with Gasteiger partial charge in [0.25, 0.3) is 11.8 Å². The molecule has 2 heterocycles. The number of hydrazine groups is 1. The van der Waals surface area contributed by atoms with Crippen LogP contribution in [0.25, 0.3) is 22.0 Å². The number of nitrogens with zero attached hydrogens (tertiary/aromatic N) is 1. The fourth-order valence-corrected chi connectivity index (χ4v) is 7.17. The van der Waals surface area contributed by atoms with Gasteiger partial charge in [0.1, 0.15) is 10.6 Å². The van der Waals surface area contributed by atoms with E-state index in [0.717, 1.165) is 37.7 Å². The molecule has 1 unspecified atom stereocenters. The molecular formula is C24H26N4O4S2. The molecule has 1 spiro atoms. The highest BCUT2D eigenvalue weighted by Gasteiger charge is 2.51. The molecule has 1 saturated carbocycles. The summed E-state index contributed by atoms with van der Waals surface area (Å²) in [4.78, 5) is 29.3. The number of sulfonamides is 1. The van der Waals surface area contributed by atoms with E-state index in [1.807, 2.05) is 37.3 Å². The summed E-state index contributed by atoms with van der Waals surface area (Å²) in [6, 6.07) is 13.7. The summed E-state index contributed by atoms with van der Waals surface area (Å²) in [6.45, 7) is 1.88. The number of H-pyrrole nitrogens is 1. The lowest BCUT2D eigenvalue weighted by Crippen LogP contribution is -2.55. The van der Waals surface area contributed by atoms with Crippen LogP contribution in [0.15, 0.2) is 53.4 Å². The van der Waals surface area contributed by atoms with E-state index < -0.39 is 20.8 Å². The summed E-state index contributed by atoms with van der Waals surface area (Å²) in [5.41, 5.74) is 5.06. The summed E-state index contributed by atoms with van der Waals surface area (Å²) >= 11 is 1.62. The van der Waals surface area contributed by atoms with Gasteiger partial charge >= 0.3 is 0 Å². The lowest BCUT2D eigenvalue weighted by atomic mass is 9.94. The molecule has 3 aromatic rings. The van der Waals surface area contributed by atoms with Gasteiger partial charge in [0, 0.05) is 16.5 Å². The molecule has 0 radical (unpaired) electrons. The number of fused-ring (bicyclic) bond motifs is 1. The van der Waals surface area contributed by atoms with Crippen molar-refractivity contribution in [1.82, 2.24) is 15.4 Å². The van der Waals surface area contributed by atoms with Crippen molar-refractivity contribution in [2.45, 2.75) is 54.0 Å². The molecule has 10 heteroatoms. The molecule has 34 heavy (non-hydrogen) atoms. The third kappa shape index (κ3) is 3.89. The molecular weight excluding hydrogens is 472 g/mol. The monoisotopic (exact) mass is 498 g/mol. The molecule has 1 saturated heterocycles. The maximum atomic E-state index is 13.6. The lowest BCUT2D eigenvalue weighted by molar-refractivity contribution is -0.135. The van der Waals surface area contributed by atoms with E-state index in [1.54, 1.807) is 22.8 Å². The van der Waals surface area contributed by atoms with Crippen LogP contribution in [0.5, 0.6) is 0 Å². The van der Waals surface area contributed by atoms with E-state index in [0.29, 0.717) is 16.5 Å². The van der Waals surface area contributed by atoms with Crippen LogP contribution < -0.4 is 10.6 Å². The molecule has 2 aliphatic rings. The zero-order valence-corrected chi connectivity index (χ0v) is 20.3. The molecule has 5 rings (SSSR count). The van der Waals surface area contributed by atoms with Crippen LogP contribution in [0.3, 0.4) is 0 Å². The molecule has 1 aromatic heterocycles. The summed E-state index contributed by atoms with van der Waals surface area (Å²) in [6.07, 6.45) is 4.82. The van der Waals surface area contributed by atoms with Gasteiger partial charge in [-0.05, 0) is 43.5 Å². The zero-order valence-electron chi connectivity index (χ0n) is 18.7. The van der Waals surface area contributed by atoms with Crippen molar-refractivity contribution in [3.05, 3.63) is 54.2 Å². The van der Waals surface area contributed by atoms with Gasteiger partial charge < -0.3 is 4.98 Å². The highest BCUT2D eigenvalue weighted by atomic mass is 32.2. The summed E-state index contributed by atoms with van der Waals surface area (Å²) in [5, 5.41) is 7.23. The Morgan fingerprint density at radius 3 is 2.53 bits per heavy atom. The quantitative estimate of drug-likeness (QED) is 0.505. The average Bonchev–Trinajstić information content (AvgIpc) is 3.30. The fourth-order valence-electron chi connectivity index (χ4n) is 5.00. The molecule has 8 nitrogen and oxygen atoms in total. The van der Waals surface area contributed by atoms with E-state index in [1.165, 1.54) is 12.1 Å². The molecule has 178 valence electrons. The second kappa shape index (κ2) is 8.44. The predicted octanol–water partition coefficient (Wildman–Crippen LogP) is 3.75. The van der Waals surface area contributed by atoms with Crippen molar-refractivity contribution in [1.29, 1.82) is 0 Å². The van der Waals surface area contributed by atoms with Crippen LogP contribution in [-0.2, 0) is 14.8 Å². The maximum Gasteiger partial charge on any atom is 0.286 e. The van der Waals surface area contributed by atoms with E-state index in [4.69, 9.17) is 5.14 Å². The van der Waals surface area contributed by atoms with Crippen LogP contribution in [0.1, 0.15) is 49.5 Å². The molecule has 4 N–H and O–H groups in total.